The molecule has 1 heterocycles. The van der Waals surface area contributed by atoms with Crippen LogP contribution in [-0.4, -0.2) is 32.5 Å². The molecule has 1 saturated heterocycles. The van der Waals surface area contributed by atoms with Crippen molar-refractivity contribution in [3.05, 3.63) is 29.8 Å². The summed E-state index contributed by atoms with van der Waals surface area (Å²) >= 11 is 1.85. The van der Waals surface area contributed by atoms with Crippen LogP contribution < -0.4 is 10.5 Å². The summed E-state index contributed by atoms with van der Waals surface area (Å²) in [5, 5.41) is 0.425. The minimum atomic E-state index is -3.37. The molecule has 4 nitrogen and oxygen atoms in total. The molecule has 1 aromatic rings. The third kappa shape index (κ3) is 4.48. The monoisotopic (exact) mass is 314 g/mol. The molecule has 0 amide bonds. The third-order valence-electron chi connectivity index (χ3n) is 3.43. The first-order valence-electron chi connectivity index (χ1n) is 7.02. The molecular weight excluding hydrogens is 292 g/mol. The maximum absolute atomic E-state index is 12.2. The summed E-state index contributed by atoms with van der Waals surface area (Å²) in [4.78, 5) is 0.344. The molecule has 3 N–H and O–H groups in total. The quantitative estimate of drug-likeness (QED) is 0.804. The predicted molar refractivity (Wildman–Crippen MR) is 84.5 cm³/mol. The van der Waals surface area contributed by atoms with Gasteiger partial charge in [-0.2, -0.15) is 11.8 Å². The number of nitrogens with two attached hydrogens (primary N) is 1. The van der Waals surface area contributed by atoms with E-state index in [2.05, 4.69) is 4.72 Å². The molecule has 1 unspecified atom stereocenters. The minimum Gasteiger partial charge on any atom is -0.330 e. The smallest absolute Gasteiger partial charge is 0.240 e. The van der Waals surface area contributed by atoms with E-state index < -0.39 is 10.0 Å². The van der Waals surface area contributed by atoms with E-state index in [0.717, 1.165) is 30.6 Å². The summed E-state index contributed by atoms with van der Waals surface area (Å²) in [5.74, 6) is 1.14. The maximum Gasteiger partial charge on any atom is 0.240 e. The molecule has 112 valence electrons. The first kappa shape index (κ1) is 15.8. The minimum absolute atomic E-state index is 0.344. The first-order valence-corrected chi connectivity index (χ1v) is 9.55. The zero-order valence-corrected chi connectivity index (χ0v) is 13.2. The Hall–Kier alpha value is -0.560. The average molecular weight is 314 g/mol. The van der Waals surface area contributed by atoms with Gasteiger partial charge in [0.15, 0.2) is 0 Å². The fraction of sp³-hybridized carbons (Fsp3) is 0.571. The lowest BCUT2D eigenvalue weighted by Crippen LogP contribution is -2.29. The second-order valence-corrected chi connectivity index (χ2v) is 8.20. The highest BCUT2D eigenvalue weighted by Gasteiger charge is 2.19. The lowest BCUT2D eigenvalue weighted by Gasteiger charge is -2.11. The van der Waals surface area contributed by atoms with Crippen molar-refractivity contribution in [2.45, 2.75) is 35.8 Å². The highest BCUT2D eigenvalue weighted by Crippen LogP contribution is 2.25. The summed E-state index contributed by atoms with van der Waals surface area (Å²) in [6, 6.07) is 7.09. The highest BCUT2D eigenvalue weighted by atomic mass is 32.2. The molecule has 2 rings (SSSR count). The van der Waals surface area contributed by atoms with Gasteiger partial charge in [0.1, 0.15) is 0 Å². The molecule has 1 atom stereocenters. The Bertz CT molecular complexity index is 508. The molecule has 1 aliphatic rings. The van der Waals surface area contributed by atoms with E-state index in [-0.39, 0.29) is 0 Å². The summed E-state index contributed by atoms with van der Waals surface area (Å²) in [6.07, 6.45) is 4.10. The second-order valence-electron chi connectivity index (χ2n) is 5.02. The molecule has 20 heavy (non-hydrogen) atoms. The van der Waals surface area contributed by atoms with Crippen molar-refractivity contribution in [3.63, 3.8) is 0 Å². The van der Waals surface area contributed by atoms with Crippen LogP contribution in [0.15, 0.2) is 29.2 Å². The van der Waals surface area contributed by atoms with Gasteiger partial charge in [-0.3, -0.25) is 0 Å². The normalized spacial score (nSPS) is 19.4. The summed E-state index contributed by atoms with van der Waals surface area (Å²) < 4.78 is 27.1. The van der Waals surface area contributed by atoms with Crippen LogP contribution in [0.1, 0.15) is 24.8 Å². The summed E-state index contributed by atoms with van der Waals surface area (Å²) in [7, 11) is -3.37. The Balaban J connectivity index is 1.94. The summed E-state index contributed by atoms with van der Waals surface area (Å²) in [6.45, 7) is 1.18. The number of benzene rings is 1. The van der Waals surface area contributed by atoms with Crippen molar-refractivity contribution in [1.82, 2.24) is 4.72 Å². The van der Waals surface area contributed by atoms with E-state index >= 15 is 0 Å². The second kappa shape index (κ2) is 7.45. The van der Waals surface area contributed by atoms with E-state index in [1.54, 1.807) is 12.1 Å². The van der Waals surface area contributed by atoms with Gasteiger partial charge in [-0.1, -0.05) is 12.1 Å². The van der Waals surface area contributed by atoms with Crippen LogP contribution in [0, 0.1) is 0 Å². The molecule has 6 heteroatoms. The molecule has 0 radical (unpaired) electrons. The van der Waals surface area contributed by atoms with Gasteiger partial charge in [-0.25, -0.2) is 13.1 Å². The van der Waals surface area contributed by atoms with E-state index in [1.165, 1.54) is 6.42 Å². The van der Waals surface area contributed by atoms with E-state index in [0.29, 0.717) is 23.2 Å². The van der Waals surface area contributed by atoms with Crippen LogP contribution in [0.3, 0.4) is 0 Å². The van der Waals surface area contributed by atoms with Crippen molar-refractivity contribution in [2.24, 2.45) is 5.73 Å². The van der Waals surface area contributed by atoms with Crippen molar-refractivity contribution in [3.8, 4) is 0 Å². The van der Waals surface area contributed by atoms with E-state index in [4.69, 9.17) is 5.73 Å². The SMILES string of the molecule is NCCCc1ccc(S(=O)(=O)NCC2CCCS2)cc1. The van der Waals surface area contributed by atoms with E-state index in [1.807, 2.05) is 23.9 Å². The Morgan fingerprint density at radius 2 is 2.05 bits per heavy atom. The molecule has 1 fully saturated rings. The van der Waals surface area contributed by atoms with Crippen LogP contribution in [-0.2, 0) is 16.4 Å². The Kier molecular flexibility index (Phi) is 5.89. The number of hydrogen-bond acceptors (Lipinski definition) is 4. The number of rotatable bonds is 7. The topological polar surface area (TPSA) is 72.2 Å². The largest absolute Gasteiger partial charge is 0.330 e. The fourth-order valence-corrected chi connectivity index (χ4v) is 4.62. The number of hydrogen-bond donors (Lipinski definition) is 2. The molecular formula is C14H22N2O2S2. The number of sulfonamides is 1. The van der Waals surface area contributed by atoms with Crippen LogP contribution in [0.2, 0.25) is 0 Å². The Morgan fingerprint density at radius 1 is 1.30 bits per heavy atom. The van der Waals surface area contributed by atoms with Crippen LogP contribution in [0.4, 0.5) is 0 Å². The van der Waals surface area contributed by atoms with Gasteiger partial charge < -0.3 is 5.73 Å². The van der Waals surface area contributed by atoms with Crippen LogP contribution in [0.25, 0.3) is 0 Å². The molecule has 0 saturated carbocycles. The molecule has 1 aliphatic heterocycles. The van der Waals surface area contributed by atoms with Gasteiger partial charge >= 0.3 is 0 Å². The van der Waals surface area contributed by atoms with Gasteiger partial charge in [-0.05, 0) is 55.7 Å². The van der Waals surface area contributed by atoms with Gasteiger partial charge in [-0.15, -0.1) is 0 Å². The van der Waals surface area contributed by atoms with Crippen LogP contribution >= 0.6 is 11.8 Å². The van der Waals surface area contributed by atoms with E-state index in [9.17, 15) is 8.42 Å². The molecule has 0 aromatic heterocycles. The van der Waals surface area contributed by atoms with Crippen molar-refractivity contribution >= 4 is 21.8 Å². The molecule has 1 aromatic carbocycles. The summed E-state index contributed by atoms with van der Waals surface area (Å²) in [5.41, 5.74) is 6.59. The third-order valence-corrected chi connectivity index (χ3v) is 6.27. The fourth-order valence-electron chi connectivity index (χ4n) is 2.23. The maximum atomic E-state index is 12.2. The lowest BCUT2D eigenvalue weighted by atomic mass is 10.1. The first-order chi connectivity index (χ1) is 9.62. The Morgan fingerprint density at radius 3 is 2.65 bits per heavy atom. The zero-order chi connectivity index (χ0) is 14.4. The molecule has 0 spiro atoms. The number of aryl methyl sites for hydroxylation is 1. The van der Waals surface area contributed by atoms with Gasteiger partial charge in [0.05, 0.1) is 4.90 Å². The predicted octanol–water partition coefficient (Wildman–Crippen LogP) is 1.75. The highest BCUT2D eigenvalue weighted by molar-refractivity contribution is 8.00. The average Bonchev–Trinajstić information content (AvgIpc) is 2.97. The standard InChI is InChI=1S/C14H22N2O2S2/c15-9-1-3-12-5-7-14(8-6-12)20(17,18)16-11-13-4-2-10-19-13/h5-8,13,16H,1-4,9-11,15H2. The van der Waals surface area contributed by atoms with Crippen molar-refractivity contribution in [2.75, 3.05) is 18.8 Å². The van der Waals surface area contributed by atoms with Crippen molar-refractivity contribution < 1.29 is 8.42 Å². The van der Waals surface area contributed by atoms with Crippen LogP contribution in [0.5, 0.6) is 0 Å². The molecule has 0 aliphatic carbocycles. The number of thioether (sulfide) groups is 1. The zero-order valence-electron chi connectivity index (χ0n) is 11.5. The van der Waals surface area contributed by atoms with Crippen molar-refractivity contribution in [1.29, 1.82) is 0 Å². The van der Waals surface area contributed by atoms with Gasteiger partial charge in [0, 0.05) is 11.8 Å². The number of nitrogens with one attached hydrogen (secondary N) is 1. The Labute approximate surface area is 125 Å². The lowest BCUT2D eigenvalue weighted by molar-refractivity contribution is 0.579. The molecule has 0 bridgehead atoms. The van der Waals surface area contributed by atoms with Gasteiger partial charge in [0.25, 0.3) is 0 Å². The van der Waals surface area contributed by atoms with Gasteiger partial charge in [0.2, 0.25) is 10.0 Å².